The Kier molecular flexibility index (Phi) is 3.89. The topological polar surface area (TPSA) is 68.2 Å². The number of hydrogen-bond donors (Lipinski definition) is 1. The molecule has 2 fully saturated rings. The number of nitrogens with zero attached hydrogens (tertiary/aromatic N) is 1. The second-order valence-electron chi connectivity index (χ2n) is 6.82. The predicted molar refractivity (Wildman–Crippen MR) is 86.5 cm³/mol. The van der Waals surface area contributed by atoms with Crippen molar-refractivity contribution in [1.82, 2.24) is 4.90 Å². The van der Waals surface area contributed by atoms with E-state index in [1.54, 1.807) is 25.3 Å². The number of hydrogen-bond acceptors (Lipinski definition) is 5. The molecule has 2 aliphatic heterocycles. The Labute approximate surface area is 141 Å². The van der Waals surface area contributed by atoms with E-state index in [0.717, 1.165) is 19.3 Å². The number of ether oxygens (including phenoxy) is 3. The molecule has 4 rings (SSSR count). The van der Waals surface area contributed by atoms with Gasteiger partial charge in [-0.3, -0.25) is 4.79 Å². The third-order valence-corrected chi connectivity index (χ3v) is 5.61. The van der Waals surface area contributed by atoms with Crippen LogP contribution in [0.4, 0.5) is 0 Å². The highest BCUT2D eigenvalue weighted by Crippen LogP contribution is 2.43. The standard InChI is InChI=1S/C18H23NO5/c1-22-18-5-4-13(20)11-16(18)19(7-6-18)17(21)12-2-3-14-15(10-12)24-9-8-23-14/h2-3,10,13,16,20H,4-9,11H2,1H3. The molecule has 6 heteroatoms. The van der Waals surface area contributed by atoms with Crippen LogP contribution in [-0.4, -0.2) is 60.5 Å². The van der Waals surface area contributed by atoms with E-state index in [4.69, 9.17) is 14.2 Å². The lowest BCUT2D eigenvalue weighted by Crippen LogP contribution is -2.52. The Hall–Kier alpha value is -1.79. The number of methoxy groups -OCH3 is 1. The van der Waals surface area contributed by atoms with Crippen molar-refractivity contribution in [2.45, 2.75) is 43.4 Å². The number of aliphatic hydroxyl groups excluding tert-OH is 1. The highest BCUT2D eigenvalue weighted by atomic mass is 16.6. The summed E-state index contributed by atoms with van der Waals surface area (Å²) >= 11 is 0. The van der Waals surface area contributed by atoms with E-state index in [2.05, 4.69) is 0 Å². The van der Waals surface area contributed by atoms with Gasteiger partial charge in [0.05, 0.1) is 17.7 Å². The van der Waals surface area contributed by atoms with E-state index >= 15 is 0 Å². The molecule has 1 amide bonds. The lowest BCUT2D eigenvalue weighted by molar-refractivity contribution is -0.0824. The first-order chi connectivity index (χ1) is 11.6. The van der Waals surface area contributed by atoms with Crippen molar-refractivity contribution >= 4 is 5.91 Å². The molecule has 1 aliphatic carbocycles. The number of carbonyl (C=O) groups is 1. The smallest absolute Gasteiger partial charge is 0.254 e. The van der Waals surface area contributed by atoms with Crippen molar-refractivity contribution in [2.24, 2.45) is 0 Å². The SMILES string of the molecule is COC12CCC(O)CC1N(C(=O)c1ccc3c(c1)OCCO3)CC2. The maximum Gasteiger partial charge on any atom is 0.254 e. The van der Waals surface area contributed by atoms with Gasteiger partial charge in [-0.05, 0) is 43.9 Å². The number of amides is 1. The first-order valence-electron chi connectivity index (χ1n) is 8.57. The third-order valence-electron chi connectivity index (χ3n) is 5.61. The first-order valence-corrected chi connectivity index (χ1v) is 8.57. The number of benzene rings is 1. The summed E-state index contributed by atoms with van der Waals surface area (Å²) in [5, 5.41) is 10.1. The molecular weight excluding hydrogens is 310 g/mol. The fraction of sp³-hybridized carbons (Fsp3) is 0.611. The van der Waals surface area contributed by atoms with E-state index in [0.29, 0.717) is 43.2 Å². The van der Waals surface area contributed by atoms with E-state index in [1.165, 1.54) is 0 Å². The van der Waals surface area contributed by atoms with Gasteiger partial charge in [-0.25, -0.2) is 0 Å². The van der Waals surface area contributed by atoms with Crippen molar-refractivity contribution in [2.75, 3.05) is 26.9 Å². The van der Waals surface area contributed by atoms with Gasteiger partial charge in [0.25, 0.3) is 5.91 Å². The lowest BCUT2D eigenvalue weighted by atomic mass is 9.79. The van der Waals surface area contributed by atoms with Crippen LogP contribution in [0.5, 0.6) is 11.5 Å². The zero-order valence-electron chi connectivity index (χ0n) is 13.9. The molecule has 1 aromatic rings. The summed E-state index contributed by atoms with van der Waals surface area (Å²) in [5.41, 5.74) is 0.272. The van der Waals surface area contributed by atoms with Gasteiger partial charge in [-0.2, -0.15) is 0 Å². The van der Waals surface area contributed by atoms with Crippen molar-refractivity contribution in [3.8, 4) is 11.5 Å². The third kappa shape index (κ3) is 2.45. The molecule has 1 saturated heterocycles. The Morgan fingerprint density at radius 2 is 2.08 bits per heavy atom. The van der Waals surface area contributed by atoms with Crippen LogP contribution in [0, 0.1) is 0 Å². The number of fused-ring (bicyclic) bond motifs is 2. The largest absolute Gasteiger partial charge is 0.486 e. The molecule has 3 atom stereocenters. The zero-order valence-corrected chi connectivity index (χ0v) is 13.9. The van der Waals surface area contributed by atoms with Crippen molar-refractivity contribution < 1.29 is 24.1 Å². The minimum atomic E-state index is -0.369. The molecule has 1 N–H and O–H groups in total. The summed E-state index contributed by atoms with van der Waals surface area (Å²) in [6, 6.07) is 5.24. The summed E-state index contributed by atoms with van der Waals surface area (Å²) in [6.45, 7) is 1.68. The van der Waals surface area contributed by atoms with Crippen LogP contribution in [0.1, 0.15) is 36.0 Å². The second kappa shape index (κ2) is 5.93. The van der Waals surface area contributed by atoms with E-state index < -0.39 is 0 Å². The molecule has 6 nitrogen and oxygen atoms in total. The molecular formula is C18H23NO5. The number of aliphatic hydroxyl groups is 1. The van der Waals surface area contributed by atoms with Crippen LogP contribution in [-0.2, 0) is 4.74 Å². The van der Waals surface area contributed by atoms with E-state index in [9.17, 15) is 9.90 Å². The number of rotatable bonds is 2. The Balaban J connectivity index is 1.60. The van der Waals surface area contributed by atoms with Gasteiger partial charge in [0.2, 0.25) is 0 Å². The molecule has 130 valence electrons. The molecule has 3 aliphatic rings. The summed E-state index contributed by atoms with van der Waals surface area (Å²) in [5.74, 6) is 1.26. The Morgan fingerprint density at radius 3 is 2.88 bits per heavy atom. The average molecular weight is 333 g/mol. The van der Waals surface area contributed by atoms with E-state index in [-0.39, 0.29) is 23.7 Å². The van der Waals surface area contributed by atoms with Crippen molar-refractivity contribution in [3.05, 3.63) is 23.8 Å². The fourth-order valence-corrected chi connectivity index (χ4v) is 4.26. The van der Waals surface area contributed by atoms with Gasteiger partial charge < -0.3 is 24.2 Å². The Morgan fingerprint density at radius 1 is 1.29 bits per heavy atom. The summed E-state index contributed by atoms with van der Waals surface area (Å²) < 4.78 is 16.9. The molecule has 0 aromatic heterocycles. The van der Waals surface area contributed by atoms with Gasteiger partial charge in [0.15, 0.2) is 11.5 Å². The molecule has 1 saturated carbocycles. The van der Waals surface area contributed by atoms with Gasteiger partial charge >= 0.3 is 0 Å². The van der Waals surface area contributed by atoms with E-state index in [1.807, 2.05) is 4.90 Å². The fourth-order valence-electron chi connectivity index (χ4n) is 4.26. The maximum absolute atomic E-state index is 13.0. The summed E-state index contributed by atoms with van der Waals surface area (Å²) in [6.07, 6.45) is 2.55. The Bertz CT molecular complexity index is 648. The minimum absolute atomic E-state index is 0.0370. The molecule has 1 aromatic carbocycles. The molecule has 3 unspecified atom stereocenters. The number of carbonyl (C=O) groups excluding carboxylic acids is 1. The van der Waals surface area contributed by atoms with Crippen LogP contribution in [0.3, 0.4) is 0 Å². The molecule has 2 heterocycles. The summed E-state index contributed by atoms with van der Waals surface area (Å²) in [4.78, 5) is 14.9. The minimum Gasteiger partial charge on any atom is -0.486 e. The monoisotopic (exact) mass is 333 g/mol. The molecule has 0 spiro atoms. The van der Waals surface area contributed by atoms with Gasteiger partial charge in [-0.15, -0.1) is 0 Å². The highest BCUT2D eigenvalue weighted by Gasteiger charge is 2.52. The van der Waals surface area contributed by atoms with Gasteiger partial charge in [0, 0.05) is 19.2 Å². The van der Waals surface area contributed by atoms with Gasteiger partial charge in [-0.1, -0.05) is 0 Å². The number of likely N-dealkylation sites (tertiary alicyclic amines) is 1. The zero-order chi connectivity index (χ0) is 16.7. The second-order valence-corrected chi connectivity index (χ2v) is 6.82. The van der Waals surface area contributed by atoms with Crippen LogP contribution in [0.25, 0.3) is 0 Å². The maximum atomic E-state index is 13.0. The van der Waals surface area contributed by atoms with Crippen LogP contribution < -0.4 is 9.47 Å². The molecule has 0 radical (unpaired) electrons. The van der Waals surface area contributed by atoms with Gasteiger partial charge in [0.1, 0.15) is 13.2 Å². The van der Waals surface area contributed by atoms with Crippen LogP contribution >= 0.6 is 0 Å². The predicted octanol–water partition coefficient (Wildman–Crippen LogP) is 1.60. The lowest BCUT2D eigenvalue weighted by Gasteiger charge is -2.42. The molecule has 0 bridgehead atoms. The highest BCUT2D eigenvalue weighted by molar-refractivity contribution is 5.95. The normalized spacial score (nSPS) is 31.7. The average Bonchev–Trinajstić information content (AvgIpc) is 3.00. The van der Waals surface area contributed by atoms with Crippen molar-refractivity contribution in [3.63, 3.8) is 0 Å². The molecule has 24 heavy (non-hydrogen) atoms. The van der Waals surface area contributed by atoms with Crippen LogP contribution in [0.15, 0.2) is 18.2 Å². The summed E-state index contributed by atoms with van der Waals surface area (Å²) in [7, 11) is 1.71. The van der Waals surface area contributed by atoms with Crippen LogP contribution in [0.2, 0.25) is 0 Å². The van der Waals surface area contributed by atoms with Crippen molar-refractivity contribution in [1.29, 1.82) is 0 Å². The first kappa shape index (κ1) is 15.7. The quantitative estimate of drug-likeness (QED) is 0.890.